The highest BCUT2D eigenvalue weighted by molar-refractivity contribution is 6.01. The van der Waals surface area contributed by atoms with E-state index >= 15 is 0 Å². The van der Waals surface area contributed by atoms with Gasteiger partial charge in [-0.2, -0.15) is 0 Å². The van der Waals surface area contributed by atoms with Crippen molar-refractivity contribution < 1.29 is 23.7 Å². The zero-order valence-electron chi connectivity index (χ0n) is 25.7. The number of nitrogens with one attached hydrogen (secondary N) is 2. The van der Waals surface area contributed by atoms with Crippen molar-refractivity contribution in [1.82, 2.24) is 10.3 Å². The molecule has 1 amide bonds. The van der Waals surface area contributed by atoms with Crippen molar-refractivity contribution in [3.05, 3.63) is 83.6 Å². The Labute approximate surface area is 253 Å². The van der Waals surface area contributed by atoms with E-state index in [9.17, 15) is 4.79 Å². The van der Waals surface area contributed by atoms with Gasteiger partial charge in [0.25, 0.3) is 0 Å². The predicted octanol–water partition coefficient (Wildman–Crippen LogP) is 6.09. The van der Waals surface area contributed by atoms with Crippen molar-refractivity contribution in [3.8, 4) is 23.0 Å². The van der Waals surface area contributed by atoms with E-state index < -0.39 is 5.41 Å². The highest BCUT2D eigenvalue weighted by atomic mass is 16.5. The van der Waals surface area contributed by atoms with Crippen LogP contribution >= 0.6 is 0 Å². The van der Waals surface area contributed by atoms with E-state index in [0.29, 0.717) is 24.3 Å². The maximum absolute atomic E-state index is 14.4. The van der Waals surface area contributed by atoms with Crippen LogP contribution in [-0.2, 0) is 23.1 Å². The van der Waals surface area contributed by atoms with E-state index in [1.807, 2.05) is 61.6 Å². The van der Waals surface area contributed by atoms with Crippen LogP contribution in [0.1, 0.15) is 42.4 Å². The summed E-state index contributed by atoms with van der Waals surface area (Å²) in [5.74, 6) is 2.84. The van der Waals surface area contributed by atoms with Gasteiger partial charge in [0.2, 0.25) is 5.91 Å². The lowest BCUT2D eigenvalue weighted by molar-refractivity contribution is -0.122. The van der Waals surface area contributed by atoms with Gasteiger partial charge in [-0.15, -0.1) is 0 Å². The molecule has 8 nitrogen and oxygen atoms in total. The normalized spacial score (nSPS) is 16.4. The van der Waals surface area contributed by atoms with Crippen LogP contribution in [0.15, 0.2) is 66.9 Å². The number of rotatable bonds is 13. The third-order valence-corrected chi connectivity index (χ3v) is 8.82. The summed E-state index contributed by atoms with van der Waals surface area (Å²) in [6, 6.07) is 20.0. The van der Waals surface area contributed by atoms with Gasteiger partial charge in [-0.1, -0.05) is 18.2 Å². The minimum Gasteiger partial charge on any atom is -0.493 e. The molecule has 2 unspecified atom stereocenters. The maximum atomic E-state index is 14.4. The van der Waals surface area contributed by atoms with Crippen molar-refractivity contribution in [1.29, 1.82) is 0 Å². The number of carbonyl (C=O) groups is 1. The lowest BCUT2D eigenvalue weighted by atomic mass is 9.75. The van der Waals surface area contributed by atoms with Crippen LogP contribution in [0, 0.1) is 0 Å². The molecule has 8 heteroatoms. The molecule has 0 aliphatic heterocycles. The molecule has 1 aromatic heterocycles. The Balaban J connectivity index is 1.40. The summed E-state index contributed by atoms with van der Waals surface area (Å²) < 4.78 is 22.3. The number of benzene rings is 3. The summed E-state index contributed by atoms with van der Waals surface area (Å²) >= 11 is 0. The fourth-order valence-electron chi connectivity index (χ4n) is 6.40. The van der Waals surface area contributed by atoms with Crippen molar-refractivity contribution in [2.24, 2.45) is 0 Å². The summed E-state index contributed by atoms with van der Waals surface area (Å²) in [6.45, 7) is 0. The summed E-state index contributed by atoms with van der Waals surface area (Å²) in [5, 5.41) is 7.75. The van der Waals surface area contributed by atoms with Gasteiger partial charge in [-0.05, 0) is 99.2 Å². The van der Waals surface area contributed by atoms with E-state index in [1.165, 1.54) is 5.56 Å². The van der Waals surface area contributed by atoms with E-state index in [0.717, 1.165) is 64.9 Å². The van der Waals surface area contributed by atoms with Crippen LogP contribution < -0.4 is 29.6 Å². The first-order valence-corrected chi connectivity index (χ1v) is 14.7. The maximum Gasteiger partial charge on any atom is 0.235 e. The molecule has 5 rings (SSSR count). The van der Waals surface area contributed by atoms with E-state index in [4.69, 9.17) is 18.9 Å². The molecule has 3 aromatic carbocycles. The second-order valence-electron chi connectivity index (χ2n) is 11.0. The zero-order chi connectivity index (χ0) is 30.4. The van der Waals surface area contributed by atoms with Crippen LogP contribution in [0.25, 0.3) is 10.9 Å². The molecule has 4 aromatic rings. The SMILES string of the molecule is CNC(CCc1ccc(OC)c(OC)c1)CCC1(C(=O)Nc2ccc3ncccc3c2)CCc2c1ccc(OC)c2OC. The quantitative estimate of drug-likeness (QED) is 0.197. The minimum atomic E-state index is -0.711. The van der Waals surface area contributed by atoms with Crippen molar-refractivity contribution in [2.45, 2.75) is 50.0 Å². The number of hydrogen-bond donors (Lipinski definition) is 2. The third kappa shape index (κ3) is 6.11. The Morgan fingerprint density at radius 3 is 2.44 bits per heavy atom. The number of hydrogen-bond acceptors (Lipinski definition) is 7. The molecule has 0 saturated heterocycles. The second-order valence-corrected chi connectivity index (χ2v) is 11.0. The highest BCUT2D eigenvalue weighted by Crippen LogP contribution is 2.49. The number of nitrogens with zero attached hydrogens (tertiary/aromatic N) is 1. The summed E-state index contributed by atoms with van der Waals surface area (Å²) in [7, 11) is 8.59. The number of pyridine rings is 1. The van der Waals surface area contributed by atoms with E-state index in [1.54, 1.807) is 34.6 Å². The van der Waals surface area contributed by atoms with Crippen molar-refractivity contribution in [3.63, 3.8) is 0 Å². The van der Waals surface area contributed by atoms with Gasteiger partial charge in [0.05, 0.1) is 39.4 Å². The van der Waals surface area contributed by atoms with Gasteiger partial charge in [0.15, 0.2) is 23.0 Å². The standard InChI is InChI=1S/C35H41N3O5/c1-36-25(10-8-23-9-14-30(40-2)32(21-23)42-4)16-18-35(19-17-27-28(35)12-15-31(41-3)33(27)43-5)34(39)38-26-11-13-29-24(22-26)7-6-20-37-29/h6-7,9,11-15,20-22,25,36H,8,10,16-19H2,1-5H3,(H,38,39). The molecule has 1 aliphatic rings. The molecule has 43 heavy (non-hydrogen) atoms. The lowest BCUT2D eigenvalue weighted by Crippen LogP contribution is -2.40. The molecule has 0 bridgehead atoms. The Kier molecular flexibility index (Phi) is 9.36. The van der Waals surface area contributed by atoms with Crippen LogP contribution in [0.2, 0.25) is 0 Å². The summed E-state index contributed by atoms with van der Waals surface area (Å²) in [5.41, 5.74) is 4.18. The highest BCUT2D eigenvalue weighted by Gasteiger charge is 2.46. The number of amides is 1. The second kappa shape index (κ2) is 13.3. The van der Waals surface area contributed by atoms with Gasteiger partial charge < -0.3 is 29.6 Å². The van der Waals surface area contributed by atoms with Gasteiger partial charge >= 0.3 is 0 Å². The van der Waals surface area contributed by atoms with E-state index in [2.05, 4.69) is 21.7 Å². The van der Waals surface area contributed by atoms with E-state index in [-0.39, 0.29) is 11.9 Å². The number of ether oxygens (including phenoxy) is 4. The first kappa shape index (κ1) is 30.2. The zero-order valence-corrected chi connectivity index (χ0v) is 25.7. The topological polar surface area (TPSA) is 90.9 Å². The van der Waals surface area contributed by atoms with Gasteiger partial charge in [-0.3, -0.25) is 9.78 Å². The molecule has 0 fully saturated rings. The van der Waals surface area contributed by atoms with Crippen molar-refractivity contribution in [2.75, 3.05) is 40.8 Å². The first-order valence-electron chi connectivity index (χ1n) is 14.7. The first-order chi connectivity index (χ1) is 21.0. The number of fused-ring (bicyclic) bond motifs is 2. The molecule has 0 spiro atoms. The summed E-state index contributed by atoms with van der Waals surface area (Å²) in [4.78, 5) is 18.8. The van der Waals surface area contributed by atoms with Gasteiger partial charge in [0.1, 0.15) is 0 Å². The Morgan fingerprint density at radius 2 is 1.70 bits per heavy atom. The van der Waals surface area contributed by atoms with Crippen LogP contribution in [-0.4, -0.2) is 52.4 Å². The molecule has 226 valence electrons. The minimum absolute atomic E-state index is 0.00328. The predicted molar refractivity (Wildman–Crippen MR) is 170 cm³/mol. The molecule has 2 N–H and O–H groups in total. The average Bonchev–Trinajstić information content (AvgIpc) is 3.43. The molecular formula is C35H41N3O5. The smallest absolute Gasteiger partial charge is 0.235 e. The number of aryl methyl sites for hydroxylation is 1. The molecule has 1 aliphatic carbocycles. The van der Waals surface area contributed by atoms with Crippen LogP contribution in [0.4, 0.5) is 5.69 Å². The molecule has 2 atom stereocenters. The number of anilines is 1. The number of methoxy groups -OCH3 is 4. The molecule has 0 saturated carbocycles. The number of aromatic nitrogens is 1. The van der Waals surface area contributed by atoms with Crippen LogP contribution in [0.5, 0.6) is 23.0 Å². The monoisotopic (exact) mass is 583 g/mol. The fraction of sp³-hybridized carbons (Fsp3) is 0.371. The Morgan fingerprint density at radius 1 is 0.907 bits per heavy atom. The fourth-order valence-corrected chi connectivity index (χ4v) is 6.40. The lowest BCUT2D eigenvalue weighted by Gasteiger charge is -2.31. The largest absolute Gasteiger partial charge is 0.493 e. The van der Waals surface area contributed by atoms with Gasteiger partial charge in [0, 0.05) is 28.9 Å². The summed E-state index contributed by atoms with van der Waals surface area (Å²) in [6.07, 6.45) is 6.51. The third-order valence-electron chi connectivity index (χ3n) is 8.82. The average molecular weight is 584 g/mol. The molecule has 1 heterocycles. The van der Waals surface area contributed by atoms with Crippen molar-refractivity contribution >= 4 is 22.5 Å². The van der Waals surface area contributed by atoms with Crippen LogP contribution in [0.3, 0.4) is 0 Å². The Hall–Kier alpha value is -4.30. The molecule has 0 radical (unpaired) electrons. The molecular weight excluding hydrogens is 542 g/mol. The number of carbonyl (C=O) groups excluding carboxylic acids is 1. The Bertz CT molecular complexity index is 1590. The van der Waals surface area contributed by atoms with Gasteiger partial charge in [-0.25, -0.2) is 0 Å².